The molecule has 2 N–H and O–H groups in total. The van der Waals surface area contributed by atoms with Crippen molar-refractivity contribution in [3.05, 3.63) is 29.3 Å². The zero-order chi connectivity index (χ0) is 15.2. The molecule has 1 amide bonds. The SMILES string of the molecule is CNC(C)c1ccc2c(c1)CCN2CC(=O)NCCOC. The van der Waals surface area contributed by atoms with Gasteiger partial charge in [0.1, 0.15) is 0 Å². The number of hydrogen-bond donors (Lipinski definition) is 2. The van der Waals surface area contributed by atoms with Crippen LogP contribution in [0.2, 0.25) is 0 Å². The van der Waals surface area contributed by atoms with E-state index in [2.05, 4.69) is 40.7 Å². The highest BCUT2D eigenvalue weighted by Gasteiger charge is 2.21. The lowest BCUT2D eigenvalue weighted by Crippen LogP contribution is -2.37. The number of hydrogen-bond acceptors (Lipinski definition) is 4. The predicted octanol–water partition coefficient (Wildman–Crippen LogP) is 1.09. The molecule has 1 aromatic carbocycles. The van der Waals surface area contributed by atoms with Gasteiger partial charge in [0.15, 0.2) is 0 Å². The lowest BCUT2D eigenvalue weighted by atomic mass is 10.0. The van der Waals surface area contributed by atoms with Crippen molar-refractivity contribution in [3.8, 4) is 0 Å². The van der Waals surface area contributed by atoms with Crippen molar-refractivity contribution in [3.63, 3.8) is 0 Å². The van der Waals surface area contributed by atoms with E-state index in [0.717, 1.165) is 13.0 Å². The fourth-order valence-corrected chi connectivity index (χ4v) is 2.61. The summed E-state index contributed by atoms with van der Waals surface area (Å²) in [4.78, 5) is 14.0. The van der Waals surface area contributed by atoms with Crippen molar-refractivity contribution in [1.82, 2.24) is 10.6 Å². The Balaban J connectivity index is 1.97. The molecule has 2 rings (SSSR count). The number of benzene rings is 1. The summed E-state index contributed by atoms with van der Waals surface area (Å²) in [5.74, 6) is 0.0487. The number of amides is 1. The molecule has 0 aromatic heterocycles. The Bertz CT molecular complexity index is 490. The molecule has 1 unspecified atom stereocenters. The van der Waals surface area contributed by atoms with Crippen molar-refractivity contribution in [2.75, 3.05) is 45.3 Å². The molecular weight excluding hydrogens is 266 g/mol. The van der Waals surface area contributed by atoms with Crippen LogP contribution in [0.15, 0.2) is 18.2 Å². The van der Waals surface area contributed by atoms with Gasteiger partial charge in [-0.2, -0.15) is 0 Å². The van der Waals surface area contributed by atoms with Gasteiger partial charge in [0, 0.05) is 31.9 Å². The average Bonchev–Trinajstić information content (AvgIpc) is 2.89. The maximum absolute atomic E-state index is 11.9. The van der Waals surface area contributed by atoms with Crippen LogP contribution in [0, 0.1) is 0 Å². The second-order valence-electron chi connectivity index (χ2n) is 5.41. The van der Waals surface area contributed by atoms with E-state index in [1.807, 2.05) is 7.05 Å². The van der Waals surface area contributed by atoms with E-state index in [0.29, 0.717) is 25.7 Å². The first kappa shape index (κ1) is 15.8. The zero-order valence-corrected chi connectivity index (χ0v) is 13.1. The normalized spacial score (nSPS) is 14.9. The number of ether oxygens (including phenoxy) is 1. The van der Waals surface area contributed by atoms with Crippen LogP contribution in [0.5, 0.6) is 0 Å². The molecule has 1 aromatic rings. The maximum Gasteiger partial charge on any atom is 0.239 e. The highest BCUT2D eigenvalue weighted by atomic mass is 16.5. The summed E-state index contributed by atoms with van der Waals surface area (Å²) in [5, 5.41) is 6.12. The molecule has 1 aliphatic rings. The summed E-state index contributed by atoms with van der Waals surface area (Å²) in [6, 6.07) is 6.87. The van der Waals surface area contributed by atoms with Gasteiger partial charge < -0.3 is 20.3 Å². The zero-order valence-electron chi connectivity index (χ0n) is 13.1. The third kappa shape index (κ3) is 3.95. The van der Waals surface area contributed by atoms with Gasteiger partial charge in [-0.1, -0.05) is 12.1 Å². The Morgan fingerprint density at radius 2 is 2.29 bits per heavy atom. The van der Waals surface area contributed by atoms with Crippen molar-refractivity contribution in [1.29, 1.82) is 0 Å². The quantitative estimate of drug-likeness (QED) is 0.739. The maximum atomic E-state index is 11.9. The van der Waals surface area contributed by atoms with Gasteiger partial charge in [-0.05, 0) is 37.6 Å². The first-order valence-electron chi connectivity index (χ1n) is 7.46. The molecule has 1 atom stereocenters. The second-order valence-corrected chi connectivity index (χ2v) is 5.41. The molecular formula is C16H25N3O2. The fraction of sp³-hybridized carbons (Fsp3) is 0.562. The van der Waals surface area contributed by atoms with Gasteiger partial charge in [-0.3, -0.25) is 4.79 Å². The number of carbonyl (C=O) groups excluding carboxylic acids is 1. The van der Waals surface area contributed by atoms with Crippen LogP contribution in [0.3, 0.4) is 0 Å². The van der Waals surface area contributed by atoms with Crippen LogP contribution in [0.1, 0.15) is 24.1 Å². The van der Waals surface area contributed by atoms with Gasteiger partial charge in [0.25, 0.3) is 0 Å². The smallest absolute Gasteiger partial charge is 0.239 e. The Morgan fingerprint density at radius 3 is 3.00 bits per heavy atom. The third-order valence-electron chi connectivity index (χ3n) is 3.99. The number of methoxy groups -OCH3 is 1. The number of nitrogens with one attached hydrogen (secondary N) is 2. The van der Waals surface area contributed by atoms with E-state index < -0.39 is 0 Å². The molecule has 21 heavy (non-hydrogen) atoms. The van der Waals surface area contributed by atoms with Crippen LogP contribution in [-0.2, 0) is 16.0 Å². The third-order valence-corrected chi connectivity index (χ3v) is 3.99. The number of carbonyl (C=O) groups is 1. The number of rotatable bonds is 7. The summed E-state index contributed by atoms with van der Waals surface area (Å²) in [6.45, 7) is 4.59. The highest BCUT2D eigenvalue weighted by molar-refractivity contribution is 5.82. The first-order chi connectivity index (χ1) is 10.2. The van der Waals surface area contributed by atoms with Crippen LogP contribution >= 0.6 is 0 Å². The molecule has 0 spiro atoms. The molecule has 0 aliphatic carbocycles. The molecule has 0 saturated carbocycles. The summed E-state index contributed by atoms with van der Waals surface area (Å²) < 4.78 is 4.93. The lowest BCUT2D eigenvalue weighted by molar-refractivity contribution is -0.119. The second kappa shape index (κ2) is 7.43. The monoisotopic (exact) mass is 291 g/mol. The van der Waals surface area contributed by atoms with E-state index in [-0.39, 0.29) is 5.91 Å². The van der Waals surface area contributed by atoms with Crippen LogP contribution in [-0.4, -0.2) is 46.3 Å². The van der Waals surface area contributed by atoms with E-state index >= 15 is 0 Å². The van der Waals surface area contributed by atoms with Crippen molar-refractivity contribution in [2.24, 2.45) is 0 Å². The minimum Gasteiger partial charge on any atom is -0.383 e. The summed E-state index contributed by atoms with van der Waals surface area (Å²) in [7, 11) is 3.60. The highest BCUT2D eigenvalue weighted by Crippen LogP contribution is 2.30. The van der Waals surface area contributed by atoms with Crippen LogP contribution in [0.4, 0.5) is 5.69 Å². The summed E-state index contributed by atoms with van der Waals surface area (Å²) in [5.41, 5.74) is 3.81. The molecule has 0 saturated heterocycles. The van der Waals surface area contributed by atoms with Crippen molar-refractivity contribution < 1.29 is 9.53 Å². The van der Waals surface area contributed by atoms with Gasteiger partial charge in [0.05, 0.1) is 13.2 Å². The van der Waals surface area contributed by atoms with E-state index in [1.165, 1.54) is 16.8 Å². The van der Waals surface area contributed by atoms with E-state index in [4.69, 9.17) is 4.74 Å². The number of nitrogens with zero attached hydrogens (tertiary/aromatic N) is 1. The molecule has 116 valence electrons. The summed E-state index contributed by atoms with van der Waals surface area (Å²) in [6.07, 6.45) is 1.00. The van der Waals surface area contributed by atoms with Gasteiger partial charge >= 0.3 is 0 Å². The Labute approximate surface area is 126 Å². The fourth-order valence-electron chi connectivity index (χ4n) is 2.61. The topological polar surface area (TPSA) is 53.6 Å². The minimum atomic E-state index is 0.0487. The van der Waals surface area contributed by atoms with Gasteiger partial charge in [-0.25, -0.2) is 0 Å². The largest absolute Gasteiger partial charge is 0.383 e. The number of fused-ring (bicyclic) bond motifs is 1. The van der Waals surface area contributed by atoms with Gasteiger partial charge in [-0.15, -0.1) is 0 Å². The van der Waals surface area contributed by atoms with Crippen molar-refractivity contribution in [2.45, 2.75) is 19.4 Å². The average molecular weight is 291 g/mol. The molecule has 1 aliphatic heterocycles. The lowest BCUT2D eigenvalue weighted by Gasteiger charge is -2.19. The van der Waals surface area contributed by atoms with Crippen LogP contribution < -0.4 is 15.5 Å². The standard InChI is InChI=1S/C16H25N3O2/c1-12(17-2)13-4-5-15-14(10-13)6-8-19(15)11-16(20)18-7-9-21-3/h4-5,10,12,17H,6-9,11H2,1-3H3,(H,18,20). The Hall–Kier alpha value is -1.59. The van der Waals surface area contributed by atoms with Crippen LogP contribution in [0.25, 0.3) is 0 Å². The number of anilines is 1. The molecule has 0 radical (unpaired) electrons. The minimum absolute atomic E-state index is 0.0487. The van der Waals surface area contributed by atoms with Gasteiger partial charge in [0.2, 0.25) is 5.91 Å². The predicted molar refractivity (Wildman–Crippen MR) is 84.7 cm³/mol. The molecule has 1 heterocycles. The molecule has 5 nitrogen and oxygen atoms in total. The summed E-state index contributed by atoms with van der Waals surface area (Å²) >= 11 is 0. The first-order valence-corrected chi connectivity index (χ1v) is 7.46. The molecule has 0 fully saturated rings. The van der Waals surface area contributed by atoms with E-state index in [9.17, 15) is 4.79 Å². The molecule has 5 heteroatoms. The van der Waals surface area contributed by atoms with E-state index in [1.54, 1.807) is 7.11 Å². The Kier molecular flexibility index (Phi) is 5.59. The van der Waals surface area contributed by atoms with Crippen molar-refractivity contribution >= 4 is 11.6 Å². The molecule has 0 bridgehead atoms. The Morgan fingerprint density at radius 1 is 1.48 bits per heavy atom.